The minimum Gasteiger partial charge on any atom is -0.393 e. The molecule has 0 aromatic heterocycles. The van der Waals surface area contributed by atoms with Crippen LogP contribution in [-0.2, 0) is 4.89 Å². The van der Waals surface area contributed by atoms with Crippen LogP contribution >= 0.6 is 0 Å². The molecule has 0 radical (unpaired) electrons. The molecule has 0 bridgehead atoms. The van der Waals surface area contributed by atoms with E-state index in [0.717, 1.165) is 32.1 Å². The van der Waals surface area contributed by atoms with E-state index in [1.165, 1.54) is 44.9 Å². The predicted octanol–water partition coefficient (Wildman–Crippen LogP) is 4.54. The third kappa shape index (κ3) is 5.71. The summed E-state index contributed by atoms with van der Waals surface area (Å²) in [5, 5.41) is 18.5. The van der Waals surface area contributed by atoms with E-state index in [-0.39, 0.29) is 11.5 Å². The van der Waals surface area contributed by atoms with Crippen molar-refractivity contribution in [3.63, 3.8) is 0 Å². The Bertz CT molecular complexity index is 282. The fourth-order valence-corrected chi connectivity index (χ4v) is 3.20. The Hall–Kier alpha value is -0.120. The molecule has 0 saturated heterocycles. The smallest absolute Gasteiger partial charge is 0.0875 e. The molecule has 0 amide bonds. The largest absolute Gasteiger partial charge is 0.393 e. The van der Waals surface area contributed by atoms with Crippen LogP contribution < -0.4 is 0 Å². The number of hydrogen-bond donors (Lipinski definition) is 2. The lowest BCUT2D eigenvalue weighted by atomic mass is 9.96. The van der Waals surface area contributed by atoms with Gasteiger partial charge in [-0.15, -0.1) is 0 Å². The second kappa shape index (κ2) is 7.24. The molecule has 2 saturated carbocycles. The van der Waals surface area contributed by atoms with E-state index in [1.807, 2.05) is 0 Å². The van der Waals surface area contributed by atoms with Gasteiger partial charge in [-0.1, -0.05) is 32.6 Å². The summed E-state index contributed by atoms with van der Waals surface area (Å²) in [4.78, 5) is 4.30. The molecule has 0 spiro atoms. The molecule has 2 aliphatic rings. The lowest BCUT2D eigenvalue weighted by molar-refractivity contribution is -0.254. The maximum absolute atomic E-state index is 9.98. The van der Waals surface area contributed by atoms with Crippen LogP contribution in [0.1, 0.15) is 84.0 Å². The standard InChI is InChI=1S/C17H32O3/c1-16(10-11-16)8-4-2-6-15(18)7-3-5-9-17(12-13-17)14-20-19/h15,18-19H,2-14H2,1H3. The average Bonchev–Trinajstić information content (AvgIpc) is 3.32. The topological polar surface area (TPSA) is 49.7 Å². The molecule has 3 heteroatoms. The summed E-state index contributed by atoms with van der Waals surface area (Å²) < 4.78 is 0. The van der Waals surface area contributed by atoms with Gasteiger partial charge in [0.15, 0.2) is 0 Å². The summed E-state index contributed by atoms with van der Waals surface area (Å²) in [5.74, 6) is 0. The molecular weight excluding hydrogens is 252 g/mol. The van der Waals surface area contributed by atoms with E-state index in [0.29, 0.717) is 12.0 Å². The highest BCUT2D eigenvalue weighted by molar-refractivity contribution is 4.92. The van der Waals surface area contributed by atoms with Crippen molar-refractivity contribution in [2.75, 3.05) is 6.61 Å². The summed E-state index contributed by atoms with van der Waals surface area (Å²) in [6, 6.07) is 0. The van der Waals surface area contributed by atoms with Crippen molar-refractivity contribution in [2.45, 2.75) is 90.1 Å². The normalized spacial score (nSPS) is 23.6. The van der Waals surface area contributed by atoms with Crippen molar-refractivity contribution in [3.05, 3.63) is 0 Å². The molecule has 2 N–H and O–H groups in total. The Kier molecular flexibility index (Phi) is 5.88. The van der Waals surface area contributed by atoms with Gasteiger partial charge in [-0.2, -0.15) is 0 Å². The van der Waals surface area contributed by atoms with Gasteiger partial charge in [0.2, 0.25) is 0 Å². The number of hydrogen-bond acceptors (Lipinski definition) is 3. The molecule has 1 unspecified atom stereocenters. The minimum absolute atomic E-state index is 0.105. The summed E-state index contributed by atoms with van der Waals surface area (Å²) in [7, 11) is 0. The lowest BCUT2D eigenvalue weighted by Crippen LogP contribution is -2.10. The minimum atomic E-state index is -0.105. The van der Waals surface area contributed by atoms with Crippen LogP contribution in [0.4, 0.5) is 0 Å². The zero-order chi connectivity index (χ0) is 14.5. The highest BCUT2D eigenvalue weighted by Gasteiger charge is 2.42. The number of rotatable bonds is 12. The third-order valence-corrected chi connectivity index (χ3v) is 5.49. The molecule has 0 heterocycles. The van der Waals surface area contributed by atoms with Crippen LogP contribution in [-0.4, -0.2) is 23.1 Å². The van der Waals surface area contributed by atoms with Gasteiger partial charge in [0, 0.05) is 0 Å². The zero-order valence-corrected chi connectivity index (χ0v) is 13.1. The van der Waals surface area contributed by atoms with Gasteiger partial charge in [0.05, 0.1) is 12.7 Å². The van der Waals surface area contributed by atoms with Crippen molar-refractivity contribution in [3.8, 4) is 0 Å². The maximum atomic E-state index is 9.98. The number of unbranched alkanes of at least 4 members (excludes halogenated alkanes) is 2. The summed E-state index contributed by atoms with van der Waals surface area (Å²) in [5.41, 5.74) is 0.942. The first-order valence-electron chi connectivity index (χ1n) is 8.52. The molecular formula is C17H32O3. The molecule has 20 heavy (non-hydrogen) atoms. The summed E-state index contributed by atoms with van der Waals surface area (Å²) in [6.45, 7) is 2.88. The Labute approximate surface area is 123 Å². The first kappa shape index (κ1) is 16.3. The van der Waals surface area contributed by atoms with Crippen LogP contribution in [0.2, 0.25) is 0 Å². The Morgan fingerprint density at radius 2 is 1.55 bits per heavy atom. The second-order valence-corrected chi connectivity index (χ2v) is 7.73. The lowest BCUT2D eigenvalue weighted by Gasteiger charge is -2.14. The second-order valence-electron chi connectivity index (χ2n) is 7.73. The van der Waals surface area contributed by atoms with Gasteiger partial charge in [0.25, 0.3) is 0 Å². The molecule has 2 aliphatic carbocycles. The number of aliphatic hydroxyl groups is 1. The Morgan fingerprint density at radius 3 is 2.05 bits per heavy atom. The van der Waals surface area contributed by atoms with Crippen molar-refractivity contribution in [2.24, 2.45) is 10.8 Å². The van der Waals surface area contributed by atoms with Gasteiger partial charge in [-0.25, -0.2) is 4.89 Å². The molecule has 0 aromatic rings. The van der Waals surface area contributed by atoms with Crippen LogP contribution in [0.25, 0.3) is 0 Å². The molecule has 3 nitrogen and oxygen atoms in total. The predicted molar refractivity (Wildman–Crippen MR) is 80.5 cm³/mol. The highest BCUT2D eigenvalue weighted by atomic mass is 17.1. The van der Waals surface area contributed by atoms with E-state index in [9.17, 15) is 5.11 Å². The maximum Gasteiger partial charge on any atom is 0.0875 e. The molecule has 2 rings (SSSR count). The van der Waals surface area contributed by atoms with E-state index >= 15 is 0 Å². The highest BCUT2D eigenvalue weighted by Crippen LogP contribution is 2.50. The number of aliphatic hydroxyl groups excluding tert-OH is 1. The Morgan fingerprint density at radius 1 is 0.950 bits per heavy atom. The molecule has 0 aromatic carbocycles. The average molecular weight is 284 g/mol. The van der Waals surface area contributed by atoms with E-state index in [2.05, 4.69) is 11.8 Å². The molecule has 2 fully saturated rings. The van der Waals surface area contributed by atoms with Crippen molar-refractivity contribution < 1.29 is 15.3 Å². The van der Waals surface area contributed by atoms with Gasteiger partial charge in [-0.05, 0) is 62.2 Å². The first-order valence-corrected chi connectivity index (χ1v) is 8.52. The van der Waals surface area contributed by atoms with E-state index in [1.54, 1.807) is 0 Å². The zero-order valence-electron chi connectivity index (χ0n) is 13.1. The fourth-order valence-electron chi connectivity index (χ4n) is 3.20. The van der Waals surface area contributed by atoms with Crippen LogP contribution in [0.5, 0.6) is 0 Å². The monoisotopic (exact) mass is 284 g/mol. The van der Waals surface area contributed by atoms with Crippen molar-refractivity contribution >= 4 is 0 Å². The van der Waals surface area contributed by atoms with Gasteiger partial charge in [0.1, 0.15) is 0 Å². The molecule has 118 valence electrons. The van der Waals surface area contributed by atoms with Crippen LogP contribution in [0.3, 0.4) is 0 Å². The van der Waals surface area contributed by atoms with Gasteiger partial charge in [-0.3, -0.25) is 5.26 Å². The van der Waals surface area contributed by atoms with Gasteiger partial charge < -0.3 is 5.11 Å². The van der Waals surface area contributed by atoms with Crippen molar-refractivity contribution in [1.82, 2.24) is 0 Å². The van der Waals surface area contributed by atoms with Crippen molar-refractivity contribution in [1.29, 1.82) is 0 Å². The van der Waals surface area contributed by atoms with Crippen LogP contribution in [0, 0.1) is 10.8 Å². The first-order chi connectivity index (χ1) is 9.58. The molecule has 0 aliphatic heterocycles. The SMILES string of the molecule is CC1(CCCCC(O)CCCCC2(COO)CC2)CC1. The molecule has 1 atom stereocenters. The van der Waals surface area contributed by atoms with E-state index in [4.69, 9.17) is 5.26 Å². The van der Waals surface area contributed by atoms with E-state index < -0.39 is 0 Å². The summed E-state index contributed by atoms with van der Waals surface area (Å²) in [6.07, 6.45) is 14.2. The Balaban J connectivity index is 1.41. The van der Waals surface area contributed by atoms with Crippen LogP contribution in [0.15, 0.2) is 0 Å². The quantitative estimate of drug-likeness (QED) is 0.314. The third-order valence-electron chi connectivity index (χ3n) is 5.49. The summed E-state index contributed by atoms with van der Waals surface area (Å²) >= 11 is 0. The van der Waals surface area contributed by atoms with Gasteiger partial charge >= 0.3 is 0 Å². The fraction of sp³-hybridized carbons (Fsp3) is 1.00.